The Balaban J connectivity index is 2.38. The van der Waals surface area contributed by atoms with Gasteiger partial charge in [0.1, 0.15) is 5.60 Å². The Bertz CT molecular complexity index is 203. The first-order valence-electron chi connectivity index (χ1n) is 4.96. The van der Waals surface area contributed by atoms with Crippen LogP contribution in [-0.4, -0.2) is 29.7 Å². The van der Waals surface area contributed by atoms with E-state index in [9.17, 15) is 4.79 Å². The van der Waals surface area contributed by atoms with Gasteiger partial charge in [-0.25, -0.2) is 4.79 Å². The van der Waals surface area contributed by atoms with Gasteiger partial charge in [-0.2, -0.15) is 0 Å². The molecule has 0 bridgehead atoms. The van der Waals surface area contributed by atoms with Crippen LogP contribution in [0.1, 0.15) is 33.6 Å². The number of nitrogens with two attached hydrogens (primary N) is 1. The van der Waals surface area contributed by atoms with Gasteiger partial charge < -0.3 is 15.4 Å². The summed E-state index contributed by atoms with van der Waals surface area (Å²) in [7, 11) is 0. The first-order valence-corrected chi connectivity index (χ1v) is 4.96. The van der Waals surface area contributed by atoms with Crippen molar-refractivity contribution in [2.45, 2.75) is 39.2 Å². The molecule has 1 rings (SSSR count). The van der Waals surface area contributed by atoms with E-state index in [4.69, 9.17) is 10.5 Å². The van der Waals surface area contributed by atoms with E-state index in [0.29, 0.717) is 13.1 Å². The molecule has 1 aliphatic heterocycles. The number of hydrogen-bond donors (Lipinski definition) is 1. The van der Waals surface area contributed by atoms with Crippen molar-refractivity contribution < 1.29 is 9.53 Å². The second-order valence-corrected chi connectivity index (χ2v) is 4.63. The van der Waals surface area contributed by atoms with Gasteiger partial charge in [-0.05, 0) is 33.6 Å². The van der Waals surface area contributed by atoms with E-state index in [2.05, 4.69) is 0 Å². The summed E-state index contributed by atoms with van der Waals surface area (Å²) in [5.74, 6) is 0. The third-order valence-corrected chi connectivity index (χ3v) is 2.06. The average molecular weight is 199 g/mol. The summed E-state index contributed by atoms with van der Waals surface area (Å²) in [6.45, 7) is 6.97. The summed E-state index contributed by atoms with van der Waals surface area (Å²) in [5.41, 5.74) is 5.25. The molecule has 0 spiro atoms. The van der Waals surface area contributed by atoms with E-state index >= 15 is 0 Å². The minimum Gasteiger partial charge on any atom is -0.444 e. The van der Waals surface area contributed by atoms with Gasteiger partial charge in [-0.15, -0.1) is 0 Å². The Morgan fingerprint density at radius 1 is 1.36 bits per heavy atom. The average Bonchev–Trinajstić information content (AvgIpc) is 2.02. The van der Waals surface area contributed by atoms with Crippen LogP contribution in [0.2, 0.25) is 0 Å². The maximum atomic E-state index is 11.6. The maximum Gasteiger partial charge on any atom is 0.410 e. The number of nitrogens with zero attached hydrogens (tertiary/aromatic N) is 1. The van der Waals surface area contributed by atoms with E-state index in [0.717, 1.165) is 18.9 Å². The lowest BCUT2D eigenvalue weighted by Gasteiger charge is -2.31. The second kappa shape index (κ2) is 4.17. The summed E-state index contributed by atoms with van der Waals surface area (Å²) in [4.78, 5) is 13.3. The monoisotopic (exact) mass is 199 g/mol. The molecule has 0 aromatic carbocycles. The van der Waals surface area contributed by atoms with E-state index in [1.54, 1.807) is 4.90 Å². The Morgan fingerprint density at radius 3 is 2.29 bits per heavy atom. The van der Waals surface area contributed by atoms with Crippen LogP contribution in [0, 0.1) is 6.04 Å². The molecule has 1 heterocycles. The molecule has 0 aromatic rings. The maximum absolute atomic E-state index is 11.6. The van der Waals surface area contributed by atoms with Crippen molar-refractivity contribution in [2.24, 2.45) is 5.73 Å². The van der Waals surface area contributed by atoms with Crippen molar-refractivity contribution >= 4 is 6.09 Å². The fourth-order valence-corrected chi connectivity index (χ4v) is 1.30. The second-order valence-electron chi connectivity index (χ2n) is 4.63. The van der Waals surface area contributed by atoms with Crippen molar-refractivity contribution in [3.05, 3.63) is 6.04 Å². The van der Waals surface area contributed by atoms with E-state index in [-0.39, 0.29) is 6.09 Å². The molecule has 0 aromatic heterocycles. The molecule has 1 radical (unpaired) electrons. The van der Waals surface area contributed by atoms with Gasteiger partial charge >= 0.3 is 6.09 Å². The third-order valence-electron chi connectivity index (χ3n) is 2.06. The summed E-state index contributed by atoms with van der Waals surface area (Å²) >= 11 is 0. The Hall–Kier alpha value is -0.770. The molecule has 0 unspecified atom stereocenters. The van der Waals surface area contributed by atoms with Crippen LogP contribution in [0.4, 0.5) is 4.79 Å². The Labute approximate surface area is 85.4 Å². The minimum atomic E-state index is -0.413. The lowest BCUT2D eigenvalue weighted by atomic mass is 10.1. The number of ether oxygens (including phenoxy) is 1. The predicted octanol–water partition coefficient (Wildman–Crippen LogP) is 1.51. The zero-order chi connectivity index (χ0) is 10.8. The normalized spacial score (nSPS) is 19.6. The summed E-state index contributed by atoms with van der Waals surface area (Å²) < 4.78 is 5.25. The standard InChI is InChI=1S/C10H19N2O2/c1-10(2,3)14-9(13)12-6-4-8(11)5-7-12/h4-7,11H2,1-3H3. The number of piperidine rings is 1. The number of carbonyl (C=O) groups is 1. The molecule has 2 N–H and O–H groups in total. The molecule has 81 valence electrons. The molecule has 14 heavy (non-hydrogen) atoms. The first-order chi connectivity index (χ1) is 6.38. The summed E-state index contributed by atoms with van der Waals surface area (Å²) in [6, 6.07) is 0.977. The van der Waals surface area contributed by atoms with Crippen LogP contribution < -0.4 is 5.73 Å². The Kier molecular flexibility index (Phi) is 3.37. The smallest absolute Gasteiger partial charge is 0.410 e. The topological polar surface area (TPSA) is 55.6 Å². The molecule has 1 aliphatic rings. The fraction of sp³-hybridized carbons (Fsp3) is 0.800. The summed E-state index contributed by atoms with van der Waals surface area (Å²) in [6.07, 6.45) is 1.35. The molecular formula is C10H19N2O2. The van der Waals surface area contributed by atoms with Crippen LogP contribution in [0.5, 0.6) is 0 Å². The number of carbonyl (C=O) groups excluding carboxylic acids is 1. The molecule has 4 heteroatoms. The SMILES string of the molecule is CC(C)(C)OC(=O)N1CC[C](N)CC1. The Morgan fingerprint density at radius 2 is 1.86 bits per heavy atom. The first kappa shape index (κ1) is 11.3. The highest BCUT2D eigenvalue weighted by Crippen LogP contribution is 2.17. The molecule has 4 nitrogen and oxygen atoms in total. The zero-order valence-corrected chi connectivity index (χ0v) is 9.17. The van der Waals surface area contributed by atoms with Crippen molar-refractivity contribution in [1.29, 1.82) is 0 Å². The van der Waals surface area contributed by atoms with Gasteiger partial charge in [0.15, 0.2) is 0 Å². The molecule has 0 saturated carbocycles. The van der Waals surface area contributed by atoms with Crippen LogP contribution >= 0.6 is 0 Å². The van der Waals surface area contributed by atoms with E-state index in [1.165, 1.54) is 0 Å². The molecule has 0 atom stereocenters. The number of likely N-dealkylation sites (tertiary alicyclic amines) is 1. The van der Waals surface area contributed by atoms with E-state index in [1.807, 2.05) is 20.8 Å². The van der Waals surface area contributed by atoms with Crippen LogP contribution in [0.15, 0.2) is 0 Å². The fourth-order valence-electron chi connectivity index (χ4n) is 1.30. The molecular weight excluding hydrogens is 180 g/mol. The van der Waals surface area contributed by atoms with Gasteiger partial charge in [0.25, 0.3) is 0 Å². The lowest BCUT2D eigenvalue weighted by Crippen LogP contribution is -2.42. The van der Waals surface area contributed by atoms with Crippen LogP contribution in [0.25, 0.3) is 0 Å². The highest BCUT2D eigenvalue weighted by Gasteiger charge is 2.25. The lowest BCUT2D eigenvalue weighted by molar-refractivity contribution is 0.0225. The van der Waals surface area contributed by atoms with Crippen LogP contribution in [0.3, 0.4) is 0 Å². The van der Waals surface area contributed by atoms with Crippen LogP contribution in [-0.2, 0) is 4.74 Å². The number of amides is 1. The highest BCUT2D eigenvalue weighted by molar-refractivity contribution is 5.68. The van der Waals surface area contributed by atoms with Gasteiger partial charge in [-0.3, -0.25) is 0 Å². The highest BCUT2D eigenvalue weighted by atomic mass is 16.6. The largest absolute Gasteiger partial charge is 0.444 e. The van der Waals surface area contributed by atoms with Gasteiger partial charge in [0.2, 0.25) is 0 Å². The van der Waals surface area contributed by atoms with E-state index < -0.39 is 5.60 Å². The van der Waals surface area contributed by atoms with Gasteiger partial charge in [0, 0.05) is 19.1 Å². The van der Waals surface area contributed by atoms with Crippen molar-refractivity contribution in [3.8, 4) is 0 Å². The molecule has 1 saturated heterocycles. The predicted molar refractivity (Wildman–Crippen MR) is 54.5 cm³/mol. The van der Waals surface area contributed by atoms with Gasteiger partial charge in [-0.1, -0.05) is 0 Å². The minimum absolute atomic E-state index is 0.231. The molecule has 1 amide bonds. The molecule has 1 fully saturated rings. The quantitative estimate of drug-likeness (QED) is 0.643. The number of rotatable bonds is 0. The summed E-state index contributed by atoms with van der Waals surface area (Å²) in [5, 5.41) is 0. The van der Waals surface area contributed by atoms with Gasteiger partial charge in [0.05, 0.1) is 0 Å². The zero-order valence-electron chi connectivity index (χ0n) is 9.17. The van der Waals surface area contributed by atoms with Crippen molar-refractivity contribution in [2.75, 3.05) is 13.1 Å². The van der Waals surface area contributed by atoms with Crippen molar-refractivity contribution in [1.82, 2.24) is 4.90 Å². The molecule has 0 aliphatic carbocycles. The van der Waals surface area contributed by atoms with Crippen molar-refractivity contribution in [3.63, 3.8) is 0 Å². The number of hydrogen-bond acceptors (Lipinski definition) is 3. The third kappa shape index (κ3) is 3.54.